The summed E-state index contributed by atoms with van der Waals surface area (Å²) in [5.41, 5.74) is 3.36. The first-order valence-corrected chi connectivity index (χ1v) is 10.3. The number of nitrogens with one attached hydrogen (secondary N) is 1. The molecule has 2 aliphatic rings. The minimum Gasteiger partial charge on any atom is -0.494 e. The molecule has 148 valence electrons. The molecule has 0 spiro atoms. The van der Waals surface area contributed by atoms with Gasteiger partial charge in [0.2, 0.25) is 5.91 Å². The Kier molecular flexibility index (Phi) is 5.46. The molecule has 1 N–H and O–H groups in total. The minimum atomic E-state index is 0.0406. The third-order valence-electron chi connectivity index (χ3n) is 5.62. The molecule has 1 aromatic heterocycles. The van der Waals surface area contributed by atoms with Crippen molar-refractivity contribution in [3.8, 4) is 5.75 Å². The van der Waals surface area contributed by atoms with Crippen LogP contribution >= 0.6 is 0 Å². The van der Waals surface area contributed by atoms with Crippen molar-refractivity contribution in [2.24, 2.45) is 5.92 Å². The molecule has 0 radical (unpaired) electrons. The highest BCUT2D eigenvalue weighted by atomic mass is 16.5. The van der Waals surface area contributed by atoms with Crippen LogP contribution in [0.25, 0.3) is 0 Å². The monoisotopic (exact) mass is 380 g/mol. The molecular weight excluding hydrogens is 352 g/mol. The van der Waals surface area contributed by atoms with Crippen molar-refractivity contribution in [2.75, 3.05) is 29.9 Å². The summed E-state index contributed by atoms with van der Waals surface area (Å²) in [5, 5.41) is 3.05. The molecule has 2 heterocycles. The standard InChI is InChI=1S/C22H28N4O2/c1-3-28-18-9-7-17(8-10-18)25-22(27)16-11-13-26(14-12-16)21-19-5-4-6-20(19)23-15(2)24-21/h7-10,16H,3-6,11-14H2,1-2H3,(H,25,27). The van der Waals surface area contributed by atoms with Crippen LogP contribution in [0.5, 0.6) is 5.75 Å². The van der Waals surface area contributed by atoms with Gasteiger partial charge in [-0.05, 0) is 70.2 Å². The average Bonchev–Trinajstić information content (AvgIpc) is 3.17. The Morgan fingerprint density at radius 3 is 2.64 bits per heavy atom. The van der Waals surface area contributed by atoms with Gasteiger partial charge in [-0.3, -0.25) is 4.79 Å². The molecule has 1 fully saturated rings. The molecule has 0 unspecified atom stereocenters. The van der Waals surface area contributed by atoms with Gasteiger partial charge in [-0.25, -0.2) is 9.97 Å². The van der Waals surface area contributed by atoms with Crippen LogP contribution in [0, 0.1) is 12.8 Å². The van der Waals surface area contributed by atoms with Gasteiger partial charge in [0.05, 0.1) is 6.61 Å². The van der Waals surface area contributed by atoms with E-state index in [9.17, 15) is 4.79 Å². The number of hydrogen-bond donors (Lipinski definition) is 1. The summed E-state index contributed by atoms with van der Waals surface area (Å²) < 4.78 is 5.45. The van der Waals surface area contributed by atoms with Crippen molar-refractivity contribution < 1.29 is 9.53 Å². The van der Waals surface area contributed by atoms with E-state index >= 15 is 0 Å². The van der Waals surface area contributed by atoms with E-state index < -0.39 is 0 Å². The molecule has 28 heavy (non-hydrogen) atoms. The predicted molar refractivity (Wildman–Crippen MR) is 110 cm³/mol. The molecule has 0 bridgehead atoms. The molecule has 4 rings (SSSR count). The first-order chi connectivity index (χ1) is 13.6. The smallest absolute Gasteiger partial charge is 0.227 e. The molecule has 6 heteroatoms. The van der Waals surface area contributed by atoms with Gasteiger partial charge in [0.25, 0.3) is 0 Å². The Hall–Kier alpha value is -2.63. The first-order valence-electron chi connectivity index (χ1n) is 10.3. The van der Waals surface area contributed by atoms with E-state index in [1.807, 2.05) is 38.1 Å². The van der Waals surface area contributed by atoms with Crippen LogP contribution in [0.1, 0.15) is 43.3 Å². The normalized spacial score (nSPS) is 16.7. The molecule has 2 aromatic rings. The van der Waals surface area contributed by atoms with E-state index in [4.69, 9.17) is 9.72 Å². The number of nitrogens with zero attached hydrogens (tertiary/aromatic N) is 3. The summed E-state index contributed by atoms with van der Waals surface area (Å²) in [6.07, 6.45) is 5.00. The number of aromatic nitrogens is 2. The molecule has 1 saturated heterocycles. The van der Waals surface area contributed by atoms with Crippen LogP contribution in [-0.2, 0) is 17.6 Å². The topological polar surface area (TPSA) is 67.3 Å². The summed E-state index contributed by atoms with van der Waals surface area (Å²) >= 11 is 0. The number of ether oxygens (including phenoxy) is 1. The number of aryl methyl sites for hydroxylation is 2. The fourth-order valence-electron chi connectivity index (χ4n) is 4.19. The number of amides is 1. The Balaban J connectivity index is 1.36. The zero-order valence-electron chi connectivity index (χ0n) is 16.7. The van der Waals surface area contributed by atoms with Crippen LogP contribution in [0.2, 0.25) is 0 Å². The Labute approximate surface area is 166 Å². The SMILES string of the molecule is CCOc1ccc(NC(=O)C2CCN(c3nc(C)nc4c3CCC4)CC2)cc1. The summed E-state index contributed by atoms with van der Waals surface area (Å²) in [6, 6.07) is 7.56. The van der Waals surface area contributed by atoms with Crippen LogP contribution < -0.4 is 15.0 Å². The number of anilines is 2. The molecule has 6 nitrogen and oxygen atoms in total. The molecule has 1 aliphatic heterocycles. The van der Waals surface area contributed by atoms with Gasteiger partial charge < -0.3 is 15.0 Å². The number of fused-ring (bicyclic) bond motifs is 1. The van der Waals surface area contributed by atoms with Crippen LogP contribution in [-0.4, -0.2) is 35.6 Å². The maximum Gasteiger partial charge on any atom is 0.227 e. The molecule has 1 amide bonds. The van der Waals surface area contributed by atoms with Gasteiger partial charge in [0, 0.05) is 36.0 Å². The summed E-state index contributed by atoms with van der Waals surface area (Å²) in [4.78, 5) is 24.4. The zero-order chi connectivity index (χ0) is 19.5. The highest BCUT2D eigenvalue weighted by molar-refractivity contribution is 5.92. The van der Waals surface area contributed by atoms with Crippen LogP contribution in [0.4, 0.5) is 11.5 Å². The van der Waals surface area contributed by atoms with Crippen molar-refractivity contribution in [1.29, 1.82) is 0 Å². The summed E-state index contributed by atoms with van der Waals surface area (Å²) in [6.45, 7) is 6.30. The third-order valence-corrected chi connectivity index (χ3v) is 5.62. The van der Waals surface area contributed by atoms with Gasteiger partial charge in [0.1, 0.15) is 17.4 Å². The Morgan fingerprint density at radius 2 is 1.93 bits per heavy atom. The summed E-state index contributed by atoms with van der Waals surface area (Å²) in [5.74, 6) is 2.92. The second-order valence-electron chi connectivity index (χ2n) is 7.58. The van der Waals surface area contributed by atoms with Gasteiger partial charge in [-0.15, -0.1) is 0 Å². The largest absolute Gasteiger partial charge is 0.494 e. The van der Waals surface area contributed by atoms with Gasteiger partial charge in [0.15, 0.2) is 0 Å². The quantitative estimate of drug-likeness (QED) is 0.859. The predicted octanol–water partition coefficient (Wildman–Crippen LogP) is 3.53. The van der Waals surface area contributed by atoms with Crippen molar-refractivity contribution in [1.82, 2.24) is 9.97 Å². The number of benzene rings is 1. The summed E-state index contributed by atoms with van der Waals surface area (Å²) in [7, 11) is 0. The number of carbonyl (C=O) groups excluding carboxylic acids is 1. The number of hydrogen-bond acceptors (Lipinski definition) is 5. The van der Waals surface area contributed by atoms with Crippen molar-refractivity contribution in [2.45, 2.75) is 46.0 Å². The number of piperidine rings is 1. The second-order valence-corrected chi connectivity index (χ2v) is 7.58. The van der Waals surface area contributed by atoms with Gasteiger partial charge >= 0.3 is 0 Å². The minimum absolute atomic E-state index is 0.0406. The average molecular weight is 380 g/mol. The molecule has 0 atom stereocenters. The van der Waals surface area contributed by atoms with E-state index in [1.165, 1.54) is 17.7 Å². The fourth-order valence-corrected chi connectivity index (χ4v) is 4.19. The lowest BCUT2D eigenvalue weighted by molar-refractivity contribution is -0.120. The number of rotatable bonds is 5. The van der Waals surface area contributed by atoms with E-state index in [-0.39, 0.29) is 11.8 Å². The Morgan fingerprint density at radius 1 is 1.18 bits per heavy atom. The highest BCUT2D eigenvalue weighted by Crippen LogP contribution is 2.31. The lowest BCUT2D eigenvalue weighted by Gasteiger charge is -2.33. The van der Waals surface area contributed by atoms with E-state index in [0.717, 1.165) is 61.9 Å². The number of carbonyl (C=O) groups is 1. The maximum absolute atomic E-state index is 12.7. The molecule has 1 aromatic carbocycles. The van der Waals surface area contributed by atoms with E-state index in [1.54, 1.807) is 0 Å². The van der Waals surface area contributed by atoms with Crippen molar-refractivity contribution in [3.05, 3.63) is 41.3 Å². The van der Waals surface area contributed by atoms with Crippen LogP contribution in [0.3, 0.4) is 0 Å². The van der Waals surface area contributed by atoms with E-state index in [0.29, 0.717) is 6.61 Å². The first kappa shape index (κ1) is 18.7. The maximum atomic E-state index is 12.7. The van der Waals surface area contributed by atoms with Gasteiger partial charge in [-0.2, -0.15) is 0 Å². The third kappa shape index (κ3) is 3.96. The second kappa shape index (κ2) is 8.17. The molecule has 0 saturated carbocycles. The van der Waals surface area contributed by atoms with Crippen LogP contribution in [0.15, 0.2) is 24.3 Å². The van der Waals surface area contributed by atoms with Gasteiger partial charge in [-0.1, -0.05) is 0 Å². The lowest BCUT2D eigenvalue weighted by atomic mass is 9.95. The zero-order valence-corrected chi connectivity index (χ0v) is 16.7. The molecule has 1 aliphatic carbocycles. The fraction of sp³-hybridized carbons (Fsp3) is 0.500. The van der Waals surface area contributed by atoms with Crippen molar-refractivity contribution >= 4 is 17.4 Å². The Bertz CT molecular complexity index is 842. The lowest BCUT2D eigenvalue weighted by Crippen LogP contribution is -2.39. The molecular formula is C22H28N4O2. The van der Waals surface area contributed by atoms with E-state index in [2.05, 4.69) is 15.2 Å². The van der Waals surface area contributed by atoms with Crippen molar-refractivity contribution in [3.63, 3.8) is 0 Å². The highest BCUT2D eigenvalue weighted by Gasteiger charge is 2.29.